The molecule has 2 unspecified atom stereocenters. The zero-order valence-corrected chi connectivity index (χ0v) is 12.0. The van der Waals surface area contributed by atoms with Crippen LogP contribution in [0.5, 0.6) is 0 Å². The molecule has 0 nitrogen and oxygen atoms in total. The average molecular weight is 201 g/mol. The molecule has 0 bridgehead atoms. The second-order valence-corrected chi connectivity index (χ2v) is 8.44. The Morgan fingerprint density at radius 3 is 2.30 bits per heavy atom. The third-order valence-electron chi connectivity index (χ3n) is 2.61. The second-order valence-electron chi connectivity index (χ2n) is 5.02. The summed E-state index contributed by atoms with van der Waals surface area (Å²) in [6.45, 7) is 7.28. The van der Waals surface area contributed by atoms with Gasteiger partial charge in [-0.1, -0.05) is 0 Å². The van der Waals surface area contributed by atoms with Gasteiger partial charge in [0.2, 0.25) is 0 Å². The van der Waals surface area contributed by atoms with Gasteiger partial charge in [-0.05, 0) is 0 Å². The summed E-state index contributed by atoms with van der Waals surface area (Å²) in [5, 5.41) is 0. The van der Waals surface area contributed by atoms with Crippen molar-refractivity contribution in [2.24, 2.45) is 11.3 Å². The average Bonchev–Trinajstić information content (AvgIpc) is 1.54. The van der Waals surface area contributed by atoms with E-state index in [0.717, 1.165) is 27.2 Å². The molecule has 1 aliphatic rings. The maximum absolute atomic E-state index is 2.43. The molecule has 0 aromatic heterocycles. The van der Waals surface area contributed by atoms with Gasteiger partial charge in [0.15, 0.2) is 0 Å². The van der Waals surface area contributed by atoms with Crippen LogP contribution in [0, 0.1) is 11.3 Å². The van der Waals surface area contributed by atoms with Crippen LogP contribution >= 0.6 is 0 Å². The molecule has 1 saturated carbocycles. The third kappa shape index (κ3) is 2.30. The molecule has 0 N–H and O–H groups in total. The summed E-state index contributed by atoms with van der Waals surface area (Å²) >= 11 is 1.07. The minimum atomic E-state index is 0.669. The predicted octanol–water partition coefficient (Wildman–Crippen LogP) is 1.99. The summed E-state index contributed by atoms with van der Waals surface area (Å²) in [6.07, 6.45) is 4.50. The van der Waals surface area contributed by atoms with Crippen molar-refractivity contribution in [1.82, 2.24) is 0 Å². The fraction of sp³-hybridized carbons (Fsp3) is 1.00. The van der Waals surface area contributed by atoms with Crippen LogP contribution in [0.4, 0.5) is 0 Å². The Bertz CT molecular complexity index is 106. The van der Waals surface area contributed by atoms with Crippen LogP contribution in [-0.2, 0) is 0 Å². The Morgan fingerprint density at radius 1 is 1.30 bits per heavy atom. The number of hydrogen-bond donors (Lipinski definition) is 0. The fourth-order valence-corrected chi connectivity index (χ4v) is 6.83. The van der Waals surface area contributed by atoms with Gasteiger partial charge >= 0.3 is 72.6 Å². The molecule has 1 aliphatic carbocycles. The molecular weight excluding hydrogens is 181 g/mol. The molecule has 0 amide bonds. The van der Waals surface area contributed by atoms with Crippen LogP contribution < -0.4 is 0 Å². The van der Waals surface area contributed by atoms with Gasteiger partial charge in [0.1, 0.15) is 0 Å². The topological polar surface area (TPSA) is 0 Å². The summed E-state index contributed by atoms with van der Waals surface area (Å²) in [6, 6.07) is 0. The SMILES string of the molecule is CC1C[CH]([GeH3])CC(C)(C)C1. The first kappa shape index (κ1) is 8.64. The Balaban J connectivity index is 2.51. The van der Waals surface area contributed by atoms with Gasteiger partial charge in [-0.3, -0.25) is 0 Å². The maximum atomic E-state index is 2.43. The van der Waals surface area contributed by atoms with Gasteiger partial charge in [-0.25, -0.2) is 0 Å². The van der Waals surface area contributed by atoms with Gasteiger partial charge < -0.3 is 0 Å². The first-order valence-electron chi connectivity index (χ1n) is 4.49. The summed E-state index contributed by atoms with van der Waals surface area (Å²) < 4.78 is 1.14. The molecule has 60 valence electrons. The number of rotatable bonds is 0. The molecule has 0 aliphatic heterocycles. The normalized spacial score (nSPS) is 39.9. The van der Waals surface area contributed by atoms with Crippen molar-refractivity contribution < 1.29 is 0 Å². The quantitative estimate of drug-likeness (QED) is 0.525. The van der Waals surface area contributed by atoms with Crippen LogP contribution in [0.25, 0.3) is 0 Å². The molecular formula is C9H20Ge. The van der Waals surface area contributed by atoms with Gasteiger partial charge in [-0.15, -0.1) is 0 Å². The van der Waals surface area contributed by atoms with E-state index >= 15 is 0 Å². The monoisotopic (exact) mass is 202 g/mol. The molecule has 0 heterocycles. The molecule has 0 aromatic rings. The zero-order chi connectivity index (χ0) is 7.78. The van der Waals surface area contributed by atoms with E-state index in [1.54, 1.807) is 0 Å². The van der Waals surface area contributed by atoms with Gasteiger partial charge in [0.25, 0.3) is 0 Å². The minimum absolute atomic E-state index is 0.669. The van der Waals surface area contributed by atoms with E-state index in [4.69, 9.17) is 0 Å². The summed E-state index contributed by atoms with van der Waals surface area (Å²) in [4.78, 5) is 0. The first-order chi connectivity index (χ1) is 4.49. The summed E-state index contributed by atoms with van der Waals surface area (Å²) in [5.41, 5.74) is 0.669. The molecule has 0 radical (unpaired) electrons. The zero-order valence-electron chi connectivity index (χ0n) is 7.78. The number of hydrogen-bond acceptors (Lipinski definition) is 0. The van der Waals surface area contributed by atoms with E-state index in [0.29, 0.717) is 5.41 Å². The van der Waals surface area contributed by atoms with Crippen LogP contribution in [0.15, 0.2) is 0 Å². The molecule has 1 fully saturated rings. The second kappa shape index (κ2) is 2.88. The van der Waals surface area contributed by atoms with Crippen molar-refractivity contribution in [3.05, 3.63) is 0 Å². The molecule has 2 atom stereocenters. The van der Waals surface area contributed by atoms with Crippen LogP contribution in [0.1, 0.15) is 40.0 Å². The van der Waals surface area contributed by atoms with E-state index in [-0.39, 0.29) is 0 Å². The third-order valence-corrected chi connectivity index (χ3v) is 4.45. The van der Waals surface area contributed by atoms with Gasteiger partial charge in [-0.2, -0.15) is 0 Å². The molecule has 10 heavy (non-hydrogen) atoms. The van der Waals surface area contributed by atoms with Crippen molar-refractivity contribution >= 4 is 16.5 Å². The Labute approximate surface area is 73.0 Å². The van der Waals surface area contributed by atoms with Crippen LogP contribution in [-0.4, -0.2) is 16.5 Å². The Morgan fingerprint density at radius 2 is 1.90 bits per heavy atom. The molecule has 1 rings (SSSR count). The van der Waals surface area contributed by atoms with Gasteiger partial charge in [0, 0.05) is 0 Å². The van der Waals surface area contributed by atoms with Crippen LogP contribution in [0.2, 0.25) is 4.75 Å². The molecule has 1 heteroatoms. The van der Waals surface area contributed by atoms with Crippen molar-refractivity contribution in [1.29, 1.82) is 0 Å². The Hall–Kier alpha value is 0.543. The Kier molecular flexibility index (Phi) is 2.49. The summed E-state index contributed by atoms with van der Waals surface area (Å²) in [7, 11) is 0. The van der Waals surface area contributed by atoms with Crippen molar-refractivity contribution in [2.75, 3.05) is 0 Å². The molecule has 0 saturated heterocycles. The van der Waals surface area contributed by atoms with Crippen LogP contribution in [0.3, 0.4) is 0 Å². The molecule has 0 aromatic carbocycles. The standard InChI is InChI=1S/C9H20Ge/c1-7-4-8(10)6-9(2,3)5-7/h7-8H,4-6H2,1-3,10H3. The predicted molar refractivity (Wildman–Crippen MR) is 50.5 cm³/mol. The van der Waals surface area contributed by atoms with Crippen molar-refractivity contribution in [2.45, 2.75) is 44.8 Å². The van der Waals surface area contributed by atoms with E-state index < -0.39 is 0 Å². The van der Waals surface area contributed by atoms with Crippen molar-refractivity contribution in [3.63, 3.8) is 0 Å². The molecule has 0 spiro atoms. The van der Waals surface area contributed by atoms with E-state index in [9.17, 15) is 0 Å². The van der Waals surface area contributed by atoms with Crippen molar-refractivity contribution in [3.8, 4) is 0 Å². The summed E-state index contributed by atoms with van der Waals surface area (Å²) in [5.74, 6) is 1.00. The van der Waals surface area contributed by atoms with E-state index in [1.807, 2.05) is 0 Å². The van der Waals surface area contributed by atoms with E-state index in [2.05, 4.69) is 20.8 Å². The van der Waals surface area contributed by atoms with E-state index in [1.165, 1.54) is 19.3 Å². The fourth-order valence-electron chi connectivity index (χ4n) is 2.82. The van der Waals surface area contributed by atoms with Gasteiger partial charge in [0.05, 0.1) is 0 Å². The first-order valence-corrected chi connectivity index (χ1v) is 6.92.